The molecule has 3 heterocycles. The first-order valence-corrected chi connectivity index (χ1v) is 7.71. The van der Waals surface area contributed by atoms with Gasteiger partial charge in [-0.15, -0.1) is 0 Å². The lowest BCUT2D eigenvalue weighted by atomic mass is 9.77. The predicted octanol–water partition coefficient (Wildman–Crippen LogP) is -1.40. The Balaban J connectivity index is 1.98. The van der Waals surface area contributed by atoms with Gasteiger partial charge < -0.3 is 4.74 Å². The van der Waals surface area contributed by atoms with Crippen LogP contribution in [0, 0.1) is 10.1 Å². The van der Waals surface area contributed by atoms with Gasteiger partial charge in [-0.1, -0.05) is 12.1 Å². The number of carbonyl (C=O) groups is 3. The number of nitro benzene ring substituents is 1. The van der Waals surface area contributed by atoms with E-state index < -0.39 is 51.4 Å². The molecule has 4 rings (SSSR count). The van der Waals surface area contributed by atoms with Crippen molar-refractivity contribution in [2.45, 2.75) is 11.5 Å². The largest absolute Gasteiger partial charge is 0.451 e. The van der Waals surface area contributed by atoms with Crippen LogP contribution in [-0.4, -0.2) is 38.3 Å². The number of barbiturate groups is 1. The van der Waals surface area contributed by atoms with Crippen LogP contribution in [-0.2, 0) is 9.59 Å². The number of aromatic nitrogens is 2. The molecule has 28 heavy (non-hydrogen) atoms. The second-order valence-corrected chi connectivity index (χ2v) is 6.01. The average molecular weight is 387 g/mol. The summed E-state index contributed by atoms with van der Waals surface area (Å²) < 4.78 is 5.43. The number of aromatic amines is 2. The van der Waals surface area contributed by atoms with E-state index >= 15 is 0 Å². The Hall–Kier alpha value is -4.29. The summed E-state index contributed by atoms with van der Waals surface area (Å²) in [6, 6.07) is 3.63. The molecule has 4 amide bonds. The molecule has 1 aromatic carbocycles. The van der Waals surface area contributed by atoms with Crippen molar-refractivity contribution in [3.8, 4) is 5.88 Å². The maximum Gasteiger partial charge on any atom is 0.328 e. The number of amides is 4. The molecular formula is C15H9N5O8. The van der Waals surface area contributed by atoms with Crippen LogP contribution >= 0.6 is 0 Å². The van der Waals surface area contributed by atoms with Crippen LogP contribution in [0.2, 0.25) is 0 Å². The fraction of sp³-hybridized carbons (Fsp3) is 0.133. The summed E-state index contributed by atoms with van der Waals surface area (Å²) in [6.07, 6.45) is 0. The van der Waals surface area contributed by atoms with Crippen molar-refractivity contribution in [2.24, 2.45) is 0 Å². The number of nitrogens with zero attached hydrogens (tertiary/aromatic N) is 1. The zero-order valence-electron chi connectivity index (χ0n) is 13.6. The van der Waals surface area contributed by atoms with Gasteiger partial charge in [0.1, 0.15) is 0 Å². The van der Waals surface area contributed by atoms with E-state index in [1.807, 2.05) is 15.6 Å². The molecule has 13 nitrogen and oxygen atoms in total. The summed E-state index contributed by atoms with van der Waals surface area (Å²) in [5.74, 6) is -4.11. The SMILES string of the molecule is O=C1NC(=O)C2(Oc3[nH]c(=O)[nH]c(=O)c3[C@@H]2c2ccc([N+](=O)[O-])cc2)C(=O)N1. The Labute approximate surface area is 152 Å². The van der Waals surface area contributed by atoms with E-state index in [4.69, 9.17) is 4.74 Å². The Morgan fingerprint density at radius 1 is 0.964 bits per heavy atom. The third-order valence-corrected chi connectivity index (χ3v) is 4.47. The number of H-pyrrole nitrogens is 2. The summed E-state index contributed by atoms with van der Waals surface area (Å²) >= 11 is 0. The number of nitro groups is 1. The number of benzene rings is 1. The predicted molar refractivity (Wildman–Crippen MR) is 87.7 cm³/mol. The first-order valence-electron chi connectivity index (χ1n) is 7.71. The van der Waals surface area contributed by atoms with Crippen LogP contribution in [0.3, 0.4) is 0 Å². The van der Waals surface area contributed by atoms with Crippen molar-refractivity contribution in [1.29, 1.82) is 0 Å². The van der Waals surface area contributed by atoms with Crippen LogP contribution in [0.5, 0.6) is 5.88 Å². The van der Waals surface area contributed by atoms with E-state index in [-0.39, 0.29) is 16.8 Å². The number of hydrogen-bond acceptors (Lipinski definition) is 8. The molecular weight excluding hydrogens is 378 g/mol. The highest BCUT2D eigenvalue weighted by molar-refractivity contribution is 6.23. The molecule has 1 fully saturated rings. The molecule has 13 heteroatoms. The molecule has 2 aromatic rings. The van der Waals surface area contributed by atoms with E-state index in [2.05, 4.69) is 4.98 Å². The molecule has 2 aliphatic rings. The number of nitrogens with one attached hydrogen (secondary N) is 4. The molecule has 0 radical (unpaired) electrons. The fourth-order valence-corrected chi connectivity index (χ4v) is 3.31. The number of imide groups is 2. The fourth-order valence-electron chi connectivity index (χ4n) is 3.31. The van der Waals surface area contributed by atoms with Gasteiger partial charge in [-0.2, -0.15) is 0 Å². The van der Waals surface area contributed by atoms with Crippen LogP contribution in [0.25, 0.3) is 0 Å². The van der Waals surface area contributed by atoms with Crippen LogP contribution in [0.1, 0.15) is 17.0 Å². The number of ether oxygens (including phenoxy) is 1. The smallest absolute Gasteiger partial charge is 0.328 e. The maximum atomic E-state index is 12.6. The van der Waals surface area contributed by atoms with Gasteiger partial charge in [0.05, 0.1) is 16.4 Å². The van der Waals surface area contributed by atoms with E-state index in [1.54, 1.807) is 0 Å². The zero-order chi connectivity index (χ0) is 20.2. The lowest BCUT2D eigenvalue weighted by Gasteiger charge is -2.33. The van der Waals surface area contributed by atoms with Gasteiger partial charge in [0.25, 0.3) is 28.7 Å². The van der Waals surface area contributed by atoms with Gasteiger partial charge >= 0.3 is 11.7 Å². The van der Waals surface area contributed by atoms with Crippen LogP contribution < -0.4 is 26.6 Å². The van der Waals surface area contributed by atoms with Crippen molar-refractivity contribution >= 4 is 23.5 Å². The quantitative estimate of drug-likeness (QED) is 0.274. The van der Waals surface area contributed by atoms with Gasteiger partial charge in [-0.05, 0) is 5.56 Å². The number of rotatable bonds is 2. The van der Waals surface area contributed by atoms with Gasteiger partial charge in [0, 0.05) is 12.1 Å². The highest BCUT2D eigenvalue weighted by Crippen LogP contribution is 2.46. The summed E-state index contributed by atoms with van der Waals surface area (Å²) in [5, 5.41) is 14.7. The Morgan fingerprint density at radius 2 is 1.57 bits per heavy atom. The Morgan fingerprint density at radius 3 is 2.14 bits per heavy atom. The molecule has 1 spiro atoms. The topological polar surface area (TPSA) is 193 Å². The van der Waals surface area contributed by atoms with Crippen molar-refractivity contribution in [2.75, 3.05) is 0 Å². The summed E-state index contributed by atoms with van der Waals surface area (Å²) in [6.45, 7) is 0. The van der Waals surface area contributed by atoms with Gasteiger partial charge in [0.15, 0.2) is 0 Å². The number of non-ortho nitro benzene ring substituents is 1. The second-order valence-electron chi connectivity index (χ2n) is 6.01. The first-order chi connectivity index (χ1) is 13.2. The van der Waals surface area contributed by atoms with E-state index in [0.29, 0.717) is 0 Å². The Kier molecular flexibility index (Phi) is 3.43. The standard InChI is InChI=1S/C15H9N5O8/c21-9-7-8(5-1-3-6(4-2-5)20(26)27)15(28-10(7)17-13(24)16-9)11(22)18-14(25)19-12(15)23/h1-4,8H,(H2,16,17,21,24)(H2,18,19,22,23,25)/t8-/m0/s1. The number of carbonyl (C=O) groups excluding carboxylic acids is 3. The lowest BCUT2D eigenvalue weighted by Crippen LogP contribution is -2.70. The molecule has 1 aromatic heterocycles. The lowest BCUT2D eigenvalue weighted by molar-refractivity contribution is -0.384. The van der Waals surface area contributed by atoms with Crippen molar-refractivity contribution in [3.63, 3.8) is 0 Å². The third kappa shape index (κ3) is 2.22. The zero-order valence-corrected chi connectivity index (χ0v) is 13.6. The number of hydrogen-bond donors (Lipinski definition) is 4. The molecule has 0 unspecified atom stereocenters. The summed E-state index contributed by atoms with van der Waals surface area (Å²) in [4.78, 5) is 75.1. The van der Waals surface area contributed by atoms with Crippen LogP contribution in [0.4, 0.5) is 10.5 Å². The third-order valence-electron chi connectivity index (χ3n) is 4.47. The van der Waals surface area contributed by atoms with Gasteiger partial charge in [0.2, 0.25) is 5.88 Å². The van der Waals surface area contributed by atoms with Gasteiger partial charge in [-0.3, -0.25) is 45.1 Å². The maximum absolute atomic E-state index is 12.6. The minimum atomic E-state index is -2.41. The molecule has 0 bridgehead atoms. The monoisotopic (exact) mass is 387 g/mol. The molecule has 0 saturated carbocycles. The van der Waals surface area contributed by atoms with Crippen molar-refractivity contribution < 1.29 is 24.0 Å². The minimum Gasteiger partial charge on any atom is -0.451 e. The number of urea groups is 1. The van der Waals surface area contributed by atoms with Crippen molar-refractivity contribution in [1.82, 2.24) is 20.6 Å². The first kappa shape index (κ1) is 17.1. The van der Waals surface area contributed by atoms with E-state index in [1.165, 1.54) is 12.1 Å². The molecule has 142 valence electrons. The highest BCUT2D eigenvalue weighted by Gasteiger charge is 2.64. The Bertz CT molecular complexity index is 1160. The van der Waals surface area contributed by atoms with E-state index in [0.717, 1.165) is 12.1 Å². The molecule has 0 aliphatic carbocycles. The normalized spacial score (nSPS) is 19.6. The minimum absolute atomic E-state index is 0.140. The van der Waals surface area contributed by atoms with E-state index in [9.17, 15) is 34.1 Å². The second kappa shape index (κ2) is 5.60. The molecule has 4 N–H and O–H groups in total. The van der Waals surface area contributed by atoms with Gasteiger partial charge in [-0.25, -0.2) is 9.59 Å². The molecule has 2 aliphatic heterocycles. The molecule has 1 saturated heterocycles. The molecule has 1 atom stereocenters. The van der Waals surface area contributed by atoms with Crippen LogP contribution in [0.15, 0.2) is 33.9 Å². The highest BCUT2D eigenvalue weighted by atomic mass is 16.6. The number of fused-ring (bicyclic) bond motifs is 1. The van der Waals surface area contributed by atoms with Crippen molar-refractivity contribution in [3.05, 3.63) is 66.3 Å². The summed E-state index contributed by atoms with van der Waals surface area (Å²) in [5.41, 5.74) is -4.63. The summed E-state index contributed by atoms with van der Waals surface area (Å²) in [7, 11) is 0. The average Bonchev–Trinajstić information content (AvgIpc) is 2.96.